The summed E-state index contributed by atoms with van der Waals surface area (Å²) in [6.45, 7) is 1.77. The van der Waals surface area contributed by atoms with Crippen molar-refractivity contribution in [2.75, 3.05) is 18.5 Å². The molecule has 0 aliphatic carbocycles. The maximum Gasteiger partial charge on any atom is 0.262 e. The monoisotopic (exact) mass is 290 g/mol. The van der Waals surface area contributed by atoms with Crippen LogP contribution in [0, 0.1) is 6.92 Å². The van der Waals surface area contributed by atoms with E-state index in [1.54, 1.807) is 19.1 Å². The van der Waals surface area contributed by atoms with Gasteiger partial charge in [-0.1, -0.05) is 12.1 Å². The number of rotatable bonds is 7. The Morgan fingerprint density at radius 3 is 3.00 bits per heavy atom. The highest BCUT2D eigenvalue weighted by Gasteiger charge is 2.07. The number of aromatic nitrogens is 1. The van der Waals surface area contributed by atoms with Gasteiger partial charge in [0, 0.05) is 18.4 Å². The van der Waals surface area contributed by atoms with Crippen LogP contribution in [0.1, 0.15) is 17.7 Å². The van der Waals surface area contributed by atoms with Crippen molar-refractivity contribution in [2.24, 2.45) is 0 Å². The Balaban J connectivity index is 1.84. The molecule has 112 valence electrons. The van der Waals surface area contributed by atoms with Crippen LogP contribution in [0.3, 0.4) is 0 Å². The summed E-state index contributed by atoms with van der Waals surface area (Å²) in [6, 6.07) is 9.13. The van der Waals surface area contributed by atoms with E-state index in [4.69, 9.17) is 14.4 Å². The Kier molecular flexibility index (Phi) is 5.34. The van der Waals surface area contributed by atoms with E-state index in [0.29, 0.717) is 23.7 Å². The lowest BCUT2D eigenvalue weighted by Crippen LogP contribution is -2.20. The van der Waals surface area contributed by atoms with Crippen LogP contribution in [0.5, 0.6) is 5.88 Å². The fraction of sp³-hybridized carbons (Fsp3) is 0.333. The predicted octanol–water partition coefficient (Wildman–Crippen LogP) is 1.93. The normalized spacial score (nSPS) is 10.4. The van der Waals surface area contributed by atoms with Crippen molar-refractivity contribution >= 4 is 11.6 Å². The lowest BCUT2D eigenvalue weighted by molar-refractivity contribution is -0.118. The van der Waals surface area contributed by atoms with Crippen LogP contribution in [-0.4, -0.2) is 29.4 Å². The number of carbonyl (C=O) groups excluding carboxylic acids is 1. The molecule has 1 aromatic heterocycles. The number of nitrogens with one attached hydrogen (secondary N) is 1. The van der Waals surface area contributed by atoms with E-state index in [9.17, 15) is 4.79 Å². The van der Waals surface area contributed by atoms with Crippen molar-refractivity contribution in [2.45, 2.75) is 19.8 Å². The van der Waals surface area contributed by atoms with Crippen molar-refractivity contribution in [1.29, 1.82) is 0 Å². The van der Waals surface area contributed by atoms with E-state index in [1.165, 1.54) is 0 Å². The molecule has 0 aliphatic rings. The van der Waals surface area contributed by atoms with Gasteiger partial charge in [-0.05, 0) is 42.6 Å². The van der Waals surface area contributed by atoms with Gasteiger partial charge in [0.25, 0.3) is 11.8 Å². The van der Waals surface area contributed by atoms with Gasteiger partial charge in [-0.25, -0.2) is 0 Å². The molecule has 0 fully saturated rings. The highest BCUT2D eigenvalue weighted by molar-refractivity contribution is 5.91. The summed E-state index contributed by atoms with van der Waals surface area (Å²) in [6.07, 6.45) is 1.47. The molecule has 0 atom stereocenters. The molecule has 1 aromatic carbocycles. The second kappa shape index (κ2) is 7.44. The number of aliphatic hydroxyl groups excluding tert-OH is 1. The number of hydrogen-bond acceptors (Lipinski definition) is 5. The van der Waals surface area contributed by atoms with Crippen LogP contribution in [0.2, 0.25) is 0 Å². The molecule has 2 aromatic rings. The van der Waals surface area contributed by atoms with Crippen LogP contribution in [0.25, 0.3) is 0 Å². The fourth-order valence-electron chi connectivity index (χ4n) is 1.84. The number of benzene rings is 1. The molecular weight excluding hydrogens is 272 g/mol. The smallest absolute Gasteiger partial charge is 0.262 e. The summed E-state index contributed by atoms with van der Waals surface area (Å²) in [5.41, 5.74) is 1.77. The van der Waals surface area contributed by atoms with Gasteiger partial charge in [-0.2, -0.15) is 0 Å². The van der Waals surface area contributed by atoms with Crippen LogP contribution < -0.4 is 10.1 Å². The van der Waals surface area contributed by atoms with E-state index in [2.05, 4.69) is 10.5 Å². The number of amides is 1. The van der Waals surface area contributed by atoms with E-state index in [0.717, 1.165) is 12.0 Å². The lowest BCUT2D eigenvalue weighted by Gasteiger charge is -2.07. The zero-order chi connectivity index (χ0) is 15.1. The molecule has 0 unspecified atom stereocenters. The summed E-state index contributed by atoms with van der Waals surface area (Å²) in [5.74, 6) is 0.649. The Hall–Kier alpha value is -2.34. The van der Waals surface area contributed by atoms with Crippen molar-refractivity contribution in [3.8, 4) is 5.88 Å². The van der Waals surface area contributed by atoms with Gasteiger partial charge < -0.3 is 19.7 Å². The van der Waals surface area contributed by atoms with Gasteiger partial charge in [0.05, 0.1) is 0 Å². The van der Waals surface area contributed by atoms with Crippen molar-refractivity contribution in [3.63, 3.8) is 0 Å². The summed E-state index contributed by atoms with van der Waals surface area (Å²) in [4.78, 5) is 11.8. The largest absolute Gasteiger partial charge is 0.465 e. The zero-order valence-electron chi connectivity index (χ0n) is 11.8. The van der Waals surface area contributed by atoms with Crippen molar-refractivity contribution in [1.82, 2.24) is 5.16 Å². The van der Waals surface area contributed by atoms with Crippen LogP contribution in [0.15, 0.2) is 34.9 Å². The summed E-state index contributed by atoms with van der Waals surface area (Å²) in [7, 11) is 0. The quantitative estimate of drug-likeness (QED) is 0.814. The molecule has 0 aliphatic heterocycles. The van der Waals surface area contributed by atoms with Gasteiger partial charge in [-0.15, -0.1) is 0 Å². The van der Waals surface area contributed by atoms with Gasteiger partial charge in [-0.3, -0.25) is 4.79 Å². The average molecular weight is 290 g/mol. The van der Waals surface area contributed by atoms with Crippen LogP contribution in [0.4, 0.5) is 5.69 Å². The number of carbonyl (C=O) groups is 1. The molecule has 0 saturated heterocycles. The Labute approximate surface area is 122 Å². The maximum atomic E-state index is 11.8. The minimum Gasteiger partial charge on any atom is -0.465 e. The van der Waals surface area contributed by atoms with Crippen LogP contribution in [-0.2, 0) is 11.2 Å². The lowest BCUT2D eigenvalue weighted by atomic mass is 10.1. The van der Waals surface area contributed by atoms with Gasteiger partial charge in [0.15, 0.2) is 6.61 Å². The molecule has 6 heteroatoms. The van der Waals surface area contributed by atoms with Gasteiger partial charge in [0.1, 0.15) is 5.76 Å². The fourth-order valence-corrected chi connectivity index (χ4v) is 1.84. The average Bonchev–Trinajstić information content (AvgIpc) is 2.89. The van der Waals surface area contributed by atoms with Crippen molar-refractivity contribution in [3.05, 3.63) is 41.7 Å². The summed E-state index contributed by atoms with van der Waals surface area (Å²) < 4.78 is 10.0. The predicted molar refractivity (Wildman–Crippen MR) is 77.2 cm³/mol. The van der Waals surface area contributed by atoms with E-state index in [1.807, 2.05) is 18.2 Å². The first-order valence-electron chi connectivity index (χ1n) is 6.73. The molecule has 0 bridgehead atoms. The van der Waals surface area contributed by atoms with Gasteiger partial charge in [0.2, 0.25) is 0 Å². The third-order valence-electron chi connectivity index (χ3n) is 2.79. The van der Waals surface area contributed by atoms with E-state index in [-0.39, 0.29) is 19.1 Å². The highest BCUT2D eigenvalue weighted by Crippen LogP contribution is 2.13. The molecular formula is C15H18N2O4. The molecule has 0 saturated carbocycles. The number of ether oxygens (including phenoxy) is 1. The van der Waals surface area contributed by atoms with Crippen molar-refractivity contribution < 1.29 is 19.2 Å². The summed E-state index contributed by atoms with van der Waals surface area (Å²) in [5, 5.41) is 15.2. The highest BCUT2D eigenvalue weighted by atomic mass is 16.5. The topological polar surface area (TPSA) is 84.6 Å². The second-order valence-electron chi connectivity index (χ2n) is 4.64. The molecule has 6 nitrogen and oxygen atoms in total. The molecule has 1 amide bonds. The number of aryl methyl sites for hydroxylation is 2. The SMILES string of the molecule is Cc1cc(OCC(=O)Nc2cccc(CCCO)c2)no1. The molecule has 0 radical (unpaired) electrons. The molecule has 2 N–H and O–H groups in total. The first kappa shape index (κ1) is 15.1. The number of aliphatic hydroxyl groups is 1. The first-order chi connectivity index (χ1) is 10.2. The Morgan fingerprint density at radius 1 is 1.43 bits per heavy atom. The second-order valence-corrected chi connectivity index (χ2v) is 4.64. The third-order valence-corrected chi connectivity index (χ3v) is 2.79. The van der Waals surface area contributed by atoms with E-state index >= 15 is 0 Å². The number of nitrogens with zero attached hydrogens (tertiary/aromatic N) is 1. The Bertz CT molecular complexity index is 595. The summed E-state index contributed by atoms with van der Waals surface area (Å²) >= 11 is 0. The number of anilines is 1. The van der Waals surface area contributed by atoms with E-state index < -0.39 is 0 Å². The molecule has 2 rings (SSSR count). The standard InChI is InChI=1S/C15H18N2O4/c1-11-8-15(17-21-11)20-10-14(19)16-13-6-2-4-12(9-13)5-3-7-18/h2,4,6,8-9,18H,3,5,7,10H2,1H3,(H,16,19). The van der Waals surface area contributed by atoms with Gasteiger partial charge >= 0.3 is 0 Å². The minimum absolute atomic E-state index is 0.132. The minimum atomic E-state index is -0.269. The third kappa shape index (κ3) is 4.92. The number of hydrogen-bond donors (Lipinski definition) is 2. The first-order valence-corrected chi connectivity index (χ1v) is 6.73. The maximum absolute atomic E-state index is 11.8. The zero-order valence-corrected chi connectivity index (χ0v) is 11.8. The Morgan fingerprint density at radius 2 is 2.29 bits per heavy atom. The van der Waals surface area contributed by atoms with Crippen LogP contribution >= 0.6 is 0 Å². The molecule has 1 heterocycles. The molecule has 0 spiro atoms. The molecule has 21 heavy (non-hydrogen) atoms.